The van der Waals surface area contributed by atoms with Crippen LogP contribution in [0.5, 0.6) is 0 Å². The lowest BCUT2D eigenvalue weighted by Crippen LogP contribution is -2.46. The number of rotatable bonds is 2. The Morgan fingerprint density at radius 3 is 3.00 bits per heavy atom. The number of carbonyl (C=O) groups excluding carboxylic acids is 1. The number of amides is 1. The minimum absolute atomic E-state index is 0.000741. The van der Waals surface area contributed by atoms with Crippen molar-refractivity contribution in [3.63, 3.8) is 0 Å². The fourth-order valence-corrected chi connectivity index (χ4v) is 2.98. The minimum Gasteiger partial charge on any atom is -0.377 e. The summed E-state index contributed by atoms with van der Waals surface area (Å²) in [5.74, 6) is 0.000741. The van der Waals surface area contributed by atoms with Crippen molar-refractivity contribution in [1.29, 1.82) is 0 Å². The van der Waals surface area contributed by atoms with E-state index in [-0.39, 0.29) is 11.9 Å². The van der Waals surface area contributed by atoms with Gasteiger partial charge in [0, 0.05) is 17.1 Å². The minimum atomic E-state index is 0.000741. The van der Waals surface area contributed by atoms with E-state index in [1.807, 2.05) is 31.2 Å². The predicted molar refractivity (Wildman–Crippen MR) is 104 cm³/mol. The monoisotopic (exact) mass is 385 g/mol. The van der Waals surface area contributed by atoms with Crippen molar-refractivity contribution in [2.45, 2.75) is 13.0 Å². The smallest absolute Gasteiger partial charge is 0.246 e. The van der Waals surface area contributed by atoms with E-state index >= 15 is 0 Å². The van der Waals surface area contributed by atoms with E-state index in [4.69, 9.17) is 16.3 Å². The molecule has 140 valence electrons. The van der Waals surface area contributed by atoms with Gasteiger partial charge in [0.1, 0.15) is 11.8 Å². The SMILES string of the molecule is C=CC(=O)N1CCOCC1C.Clc1cccc(-c2ncnc3nc[nH]c23)c1. The molecule has 1 aromatic carbocycles. The molecule has 1 N–H and O–H groups in total. The molecule has 0 aliphatic carbocycles. The lowest BCUT2D eigenvalue weighted by atomic mass is 10.1. The van der Waals surface area contributed by atoms with Crippen LogP contribution in [0.2, 0.25) is 5.02 Å². The Morgan fingerprint density at radius 2 is 2.26 bits per heavy atom. The van der Waals surface area contributed by atoms with Gasteiger partial charge in [0.25, 0.3) is 0 Å². The Kier molecular flexibility index (Phi) is 6.16. The molecule has 2 aromatic heterocycles. The number of hydrogen-bond acceptors (Lipinski definition) is 5. The first-order chi connectivity index (χ1) is 13.1. The molecule has 1 aliphatic rings. The van der Waals surface area contributed by atoms with Crippen LogP contribution < -0.4 is 0 Å². The maximum absolute atomic E-state index is 11.1. The first-order valence-corrected chi connectivity index (χ1v) is 8.88. The summed E-state index contributed by atoms with van der Waals surface area (Å²) >= 11 is 5.95. The van der Waals surface area contributed by atoms with E-state index in [0.29, 0.717) is 30.4 Å². The van der Waals surface area contributed by atoms with Gasteiger partial charge in [0.2, 0.25) is 5.91 Å². The number of fused-ring (bicyclic) bond motifs is 1. The largest absolute Gasteiger partial charge is 0.377 e. The Morgan fingerprint density at radius 1 is 1.41 bits per heavy atom. The molecule has 1 aliphatic heterocycles. The number of halogens is 1. The molecule has 7 nitrogen and oxygen atoms in total. The molecule has 1 amide bonds. The molecule has 1 saturated heterocycles. The number of aromatic amines is 1. The average Bonchev–Trinajstić information content (AvgIpc) is 3.17. The number of aromatic nitrogens is 4. The van der Waals surface area contributed by atoms with Crippen molar-refractivity contribution < 1.29 is 9.53 Å². The Labute approximate surface area is 162 Å². The molecule has 3 heterocycles. The van der Waals surface area contributed by atoms with Gasteiger partial charge in [-0.05, 0) is 25.1 Å². The highest BCUT2D eigenvalue weighted by Gasteiger charge is 2.21. The van der Waals surface area contributed by atoms with Gasteiger partial charge in [-0.15, -0.1) is 0 Å². The third-order valence-corrected chi connectivity index (χ3v) is 4.38. The van der Waals surface area contributed by atoms with Crippen LogP contribution in [-0.4, -0.2) is 56.5 Å². The van der Waals surface area contributed by atoms with Gasteiger partial charge in [0.15, 0.2) is 5.65 Å². The van der Waals surface area contributed by atoms with Gasteiger partial charge >= 0.3 is 0 Å². The van der Waals surface area contributed by atoms with Crippen LogP contribution in [0.4, 0.5) is 0 Å². The van der Waals surface area contributed by atoms with Crippen LogP contribution in [-0.2, 0) is 9.53 Å². The molecule has 27 heavy (non-hydrogen) atoms. The average molecular weight is 386 g/mol. The van der Waals surface area contributed by atoms with Gasteiger partial charge in [-0.3, -0.25) is 4.79 Å². The normalized spacial score (nSPS) is 16.5. The van der Waals surface area contributed by atoms with Gasteiger partial charge in [-0.1, -0.05) is 30.3 Å². The zero-order valence-electron chi connectivity index (χ0n) is 14.9. The first kappa shape index (κ1) is 19.0. The molecular weight excluding hydrogens is 366 g/mol. The molecule has 1 unspecified atom stereocenters. The summed E-state index contributed by atoms with van der Waals surface area (Å²) in [7, 11) is 0. The van der Waals surface area contributed by atoms with Crippen molar-refractivity contribution >= 4 is 28.7 Å². The molecule has 4 rings (SSSR count). The molecule has 0 saturated carbocycles. The maximum Gasteiger partial charge on any atom is 0.246 e. The van der Waals surface area contributed by atoms with E-state index in [0.717, 1.165) is 16.8 Å². The lowest BCUT2D eigenvalue weighted by molar-refractivity contribution is -0.133. The van der Waals surface area contributed by atoms with E-state index in [1.54, 1.807) is 11.2 Å². The van der Waals surface area contributed by atoms with Gasteiger partial charge < -0.3 is 14.6 Å². The molecule has 3 aromatic rings. The molecular formula is C19H20ClN5O2. The fraction of sp³-hybridized carbons (Fsp3) is 0.263. The topological polar surface area (TPSA) is 84.0 Å². The number of nitrogens with zero attached hydrogens (tertiary/aromatic N) is 4. The van der Waals surface area contributed by atoms with Crippen molar-refractivity contribution in [3.8, 4) is 11.3 Å². The number of hydrogen-bond donors (Lipinski definition) is 1. The Hall–Kier alpha value is -2.77. The van der Waals surface area contributed by atoms with Gasteiger partial charge in [-0.25, -0.2) is 15.0 Å². The summed E-state index contributed by atoms with van der Waals surface area (Å²) in [6.07, 6.45) is 4.45. The summed E-state index contributed by atoms with van der Waals surface area (Å²) in [5, 5.41) is 0.684. The number of H-pyrrole nitrogens is 1. The molecule has 1 atom stereocenters. The zero-order chi connectivity index (χ0) is 19.2. The number of ether oxygens (including phenoxy) is 1. The molecule has 0 bridgehead atoms. The highest BCUT2D eigenvalue weighted by atomic mass is 35.5. The zero-order valence-corrected chi connectivity index (χ0v) is 15.7. The lowest BCUT2D eigenvalue weighted by Gasteiger charge is -2.32. The predicted octanol–water partition coefficient (Wildman–Crippen LogP) is 3.09. The number of imidazole rings is 1. The highest BCUT2D eigenvalue weighted by Crippen LogP contribution is 2.24. The number of carbonyl (C=O) groups is 1. The fourth-order valence-electron chi connectivity index (χ4n) is 2.79. The van der Waals surface area contributed by atoms with E-state index in [9.17, 15) is 4.79 Å². The number of nitrogens with one attached hydrogen (secondary N) is 1. The second-order valence-corrected chi connectivity index (χ2v) is 6.43. The molecule has 1 fully saturated rings. The van der Waals surface area contributed by atoms with Crippen LogP contribution in [0.25, 0.3) is 22.4 Å². The van der Waals surface area contributed by atoms with Gasteiger partial charge in [-0.2, -0.15) is 0 Å². The van der Waals surface area contributed by atoms with Crippen LogP contribution >= 0.6 is 11.6 Å². The van der Waals surface area contributed by atoms with E-state index in [2.05, 4.69) is 26.5 Å². The van der Waals surface area contributed by atoms with Crippen LogP contribution in [0, 0.1) is 0 Å². The molecule has 0 spiro atoms. The third kappa shape index (κ3) is 4.50. The molecule has 0 radical (unpaired) electrons. The summed E-state index contributed by atoms with van der Waals surface area (Å²) in [4.78, 5) is 28.3. The highest BCUT2D eigenvalue weighted by molar-refractivity contribution is 6.30. The van der Waals surface area contributed by atoms with Crippen molar-refractivity contribution in [2.75, 3.05) is 19.8 Å². The first-order valence-electron chi connectivity index (χ1n) is 8.51. The molecule has 8 heteroatoms. The van der Waals surface area contributed by atoms with Gasteiger partial charge in [0.05, 0.1) is 31.3 Å². The Bertz CT molecular complexity index is 943. The quantitative estimate of drug-likeness (QED) is 0.685. The summed E-state index contributed by atoms with van der Waals surface area (Å²) in [6.45, 7) is 7.38. The Balaban J connectivity index is 0.000000168. The number of morpholine rings is 1. The second-order valence-electron chi connectivity index (χ2n) is 5.99. The standard InChI is InChI=1S/C11H7ClN4.C8H13NO2/c12-8-3-1-2-7(4-8)9-10-11(15-5-13-9)16-6-14-10;1-3-8(10)9-4-5-11-6-7(9)2/h1-6H,(H,13,14,15,16);3,7H,1,4-6H2,2H3. The van der Waals surface area contributed by atoms with Crippen molar-refractivity contribution in [1.82, 2.24) is 24.8 Å². The third-order valence-electron chi connectivity index (χ3n) is 4.15. The summed E-state index contributed by atoms with van der Waals surface area (Å²) in [6, 6.07) is 7.73. The number of benzene rings is 1. The van der Waals surface area contributed by atoms with Crippen LogP contribution in [0.3, 0.4) is 0 Å². The van der Waals surface area contributed by atoms with Crippen LogP contribution in [0.1, 0.15) is 6.92 Å². The van der Waals surface area contributed by atoms with Crippen LogP contribution in [0.15, 0.2) is 49.6 Å². The van der Waals surface area contributed by atoms with Crippen molar-refractivity contribution in [2.24, 2.45) is 0 Å². The second kappa shape index (κ2) is 8.75. The van der Waals surface area contributed by atoms with E-state index in [1.165, 1.54) is 12.4 Å². The van der Waals surface area contributed by atoms with E-state index < -0.39 is 0 Å². The maximum atomic E-state index is 11.1. The van der Waals surface area contributed by atoms with Crippen molar-refractivity contribution in [3.05, 3.63) is 54.6 Å². The summed E-state index contributed by atoms with van der Waals surface area (Å²) in [5.41, 5.74) is 3.24. The summed E-state index contributed by atoms with van der Waals surface area (Å²) < 4.78 is 5.18.